The van der Waals surface area contributed by atoms with Gasteiger partial charge in [0.05, 0.1) is 0 Å². The van der Waals surface area contributed by atoms with E-state index in [1.165, 1.54) is 7.05 Å². The largest absolute Gasteiger partial charge is 0.511 e. The lowest BCUT2D eigenvalue weighted by atomic mass is 10.2. The highest BCUT2D eigenvalue weighted by Crippen LogP contribution is 2.13. The molecule has 0 radical (unpaired) electrons. The third-order valence-corrected chi connectivity index (χ3v) is 1.62. The van der Waals surface area contributed by atoms with Gasteiger partial charge in [-0.05, 0) is 27.8 Å². The number of aliphatic hydroxyl groups excluding tert-OH is 1. The van der Waals surface area contributed by atoms with Crippen LogP contribution < -0.4 is 5.32 Å². The number of likely N-dealkylation sites (N-methyl/N-ethyl adjacent to an activating group) is 1. The molecule has 0 aromatic rings. The summed E-state index contributed by atoms with van der Waals surface area (Å²) < 4.78 is 9.32. The molecule has 0 heterocycles. The number of aliphatic hydroxyl groups is 1. The van der Waals surface area contributed by atoms with Gasteiger partial charge in [0.1, 0.15) is 12.2 Å². The normalized spacial score (nSPS) is 15.1. The SMILES string of the molecule is CN[C@](CO)(OC(=O)OC(C)(C)C)C(=O)O. The van der Waals surface area contributed by atoms with Gasteiger partial charge in [-0.25, -0.2) is 9.59 Å². The van der Waals surface area contributed by atoms with E-state index >= 15 is 0 Å². The van der Waals surface area contributed by atoms with Gasteiger partial charge in [-0.15, -0.1) is 0 Å². The lowest BCUT2D eigenvalue weighted by Crippen LogP contribution is -2.57. The Balaban J connectivity index is 4.66. The standard InChI is InChI=1S/C9H17NO6/c1-8(2,3)15-7(14)16-9(5-11,10-4)6(12)13/h10-11H,5H2,1-4H3,(H,12,13)/t9-/m1/s1. The molecule has 0 spiro atoms. The maximum atomic E-state index is 11.2. The van der Waals surface area contributed by atoms with Gasteiger partial charge in [0.25, 0.3) is 5.72 Å². The first-order chi connectivity index (χ1) is 7.17. The highest BCUT2D eigenvalue weighted by atomic mass is 16.8. The van der Waals surface area contributed by atoms with Gasteiger partial charge in [-0.1, -0.05) is 0 Å². The van der Waals surface area contributed by atoms with Crippen LogP contribution in [0.25, 0.3) is 0 Å². The van der Waals surface area contributed by atoms with Gasteiger partial charge >= 0.3 is 12.1 Å². The number of hydrogen-bond donors (Lipinski definition) is 3. The minimum atomic E-state index is -2.18. The van der Waals surface area contributed by atoms with Gasteiger partial charge in [-0.3, -0.25) is 5.32 Å². The second-order valence-corrected chi connectivity index (χ2v) is 4.11. The number of carboxylic acids is 1. The van der Waals surface area contributed by atoms with Crippen LogP contribution in [0, 0.1) is 0 Å². The molecular weight excluding hydrogens is 218 g/mol. The third kappa shape index (κ3) is 4.03. The van der Waals surface area contributed by atoms with Crippen LogP contribution in [0.5, 0.6) is 0 Å². The van der Waals surface area contributed by atoms with Crippen molar-refractivity contribution in [3.8, 4) is 0 Å². The van der Waals surface area contributed by atoms with E-state index in [2.05, 4.69) is 10.1 Å². The topological polar surface area (TPSA) is 105 Å². The van der Waals surface area contributed by atoms with Gasteiger partial charge in [0, 0.05) is 0 Å². The summed E-state index contributed by atoms with van der Waals surface area (Å²) in [5, 5.41) is 19.9. The summed E-state index contributed by atoms with van der Waals surface area (Å²) in [6.07, 6.45) is -1.17. The van der Waals surface area contributed by atoms with Crippen molar-refractivity contribution in [2.24, 2.45) is 0 Å². The second kappa shape index (κ2) is 5.13. The van der Waals surface area contributed by atoms with E-state index in [1.807, 2.05) is 0 Å². The summed E-state index contributed by atoms with van der Waals surface area (Å²) in [5.41, 5.74) is -2.98. The van der Waals surface area contributed by atoms with Crippen LogP contribution in [0.2, 0.25) is 0 Å². The zero-order valence-electron chi connectivity index (χ0n) is 9.73. The first-order valence-corrected chi connectivity index (χ1v) is 4.62. The molecule has 3 N–H and O–H groups in total. The zero-order chi connectivity index (χ0) is 13.0. The maximum absolute atomic E-state index is 11.2. The molecule has 0 amide bonds. The van der Waals surface area contributed by atoms with Crippen molar-refractivity contribution in [3.05, 3.63) is 0 Å². The lowest BCUT2D eigenvalue weighted by molar-refractivity contribution is -0.172. The Hall–Kier alpha value is -1.34. The summed E-state index contributed by atoms with van der Waals surface area (Å²) in [5.74, 6) is -1.51. The van der Waals surface area contributed by atoms with Gasteiger partial charge in [0.2, 0.25) is 0 Å². The molecule has 0 saturated heterocycles. The first kappa shape index (κ1) is 14.7. The molecule has 0 rings (SSSR count). The summed E-state index contributed by atoms with van der Waals surface area (Å²) >= 11 is 0. The molecule has 16 heavy (non-hydrogen) atoms. The van der Waals surface area contributed by atoms with Crippen LogP contribution in [0.1, 0.15) is 20.8 Å². The van der Waals surface area contributed by atoms with E-state index in [-0.39, 0.29) is 0 Å². The Labute approximate surface area is 93.3 Å². The quantitative estimate of drug-likeness (QED) is 0.462. The minimum Gasteiger partial charge on any atom is -0.477 e. The fourth-order valence-electron chi connectivity index (χ4n) is 0.794. The van der Waals surface area contributed by atoms with Crippen molar-refractivity contribution in [1.29, 1.82) is 0 Å². The molecule has 7 heteroatoms. The highest BCUT2D eigenvalue weighted by Gasteiger charge is 2.42. The van der Waals surface area contributed by atoms with Gasteiger partial charge < -0.3 is 19.7 Å². The molecular formula is C9H17NO6. The van der Waals surface area contributed by atoms with Crippen LogP contribution in [0.4, 0.5) is 4.79 Å². The molecule has 1 atom stereocenters. The molecule has 0 unspecified atom stereocenters. The van der Waals surface area contributed by atoms with Crippen LogP contribution in [0.15, 0.2) is 0 Å². The van der Waals surface area contributed by atoms with E-state index in [9.17, 15) is 9.59 Å². The van der Waals surface area contributed by atoms with E-state index in [0.717, 1.165) is 0 Å². The zero-order valence-corrected chi connectivity index (χ0v) is 9.73. The van der Waals surface area contributed by atoms with Crippen molar-refractivity contribution < 1.29 is 29.3 Å². The number of carbonyl (C=O) groups is 2. The van der Waals surface area contributed by atoms with Crippen molar-refractivity contribution in [2.45, 2.75) is 32.1 Å². The number of carbonyl (C=O) groups excluding carboxylic acids is 1. The second-order valence-electron chi connectivity index (χ2n) is 4.11. The molecule has 0 bridgehead atoms. The third-order valence-electron chi connectivity index (χ3n) is 1.62. The summed E-state index contributed by atoms with van der Waals surface area (Å²) in [6.45, 7) is 3.91. The van der Waals surface area contributed by atoms with Crippen LogP contribution in [-0.4, -0.2) is 47.3 Å². The van der Waals surface area contributed by atoms with E-state index in [4.69, 9.17) is 14.9 Å². The molecule has 0 saturated carbocycles. The van der Waals surface area contributed by atoms with Crippen molar-refractivity contribution in [1.82, 2.24) is 5.32 Å². The smallest absolute Gasteiger partial charge is 0.477 e. The molecule has 0 aliphatic rings. The van der Waals surface area contributed by atoms with Crippen LogP contribution in [-0.2, 0) is 14.3 Å². The molecule has 7 nitrogen and oxygen atoms in total. The van der Waals surface area contributed by atoms with Crippen molar-refractivity contribution in [3.63, 3.8) is 0 Å². The van der Waals surface area contributed by atoms with E-state index in [1.54, 1.807) is 20.8 Å². The van der Waals surface area contributed by atoms with Gasteiger partial charge in [-0.2, -0.15) is 0 Å². The number of hydrogen-bond acceptors (Lipinski definition) is 6. The fourth-order valence-corrected chi connectivity index (χ4v) is 0.794. The fraction of sp³-hybridized carbons (Fsp3) is 0.778. The Morgan fingerprint density at radius 3 is 2.00 bits per heavy atom. The summed E-state index contributed by atoms with van der Waals surface area (Å²) in [7, 11) is 1.24. The molecule has 0 aliphatic carbocycles. The van der Waals surface area contributed by atoms with Crippen molar-refractivity contribution in [2.75, 3.05) is 13.7 Å². The molecule has 94 valence electrons. The monoisotopic (exact) mass is 235 g/mol. The Kier molecular flexibility index (Phi) is 4.70. The van der Waals surface area contributed by atoms with Gasteiger partial charge in [0.15, 0.2) is 0 Å². The summed E-state index contributed by atoms with van der Waals surface area (Å²) in [6, 6.07) is 0. The van der Waals surface area contributed by atoms with Crippen molar-refractivity contribution >= 4 is 12.1 Å². The Morgan fingerprint density at radius 2 is 1.75 bits per heavy atom. The Morgan fingerprint density at radius 1 is 1.25 bits per heavy atom. The minimum absolute atomic E-state index is 0.801. The average Bonchev–Trinajstić information content (AvgIpc) is 2.10. The number of ether oxygens (including phenoxy) is 2. The number of aliphatic carboxylic acids is 1. The van der Waals surface area contributed by atoms with E-state index in [0.29, 0.717) is 0 Å². The molecule has 0 aliphatic heterocycles. The first-order valence-electron chi connectivity index (χ1n) is 4.62. The van der Waals surface area contributed by atoms with E-state index < -0.39 is 30.1 Å². The highest BCUT2D eigenvalue weighted by molar-refractivity contribution is 5.80. The number of nitrogens with one attached hydrogen (secondary N) is 1. The van der Waals surface area contributed by atoms with Crippen LogP contribution >= 0.6 is 0 Å². The molecule has 0 aromatic carbocycles. The Bertz CT molecular complexity index is 266. The molecule has 0 aromatic heterocycles. The average molecular weight is 235 g/mol. The summed E-state index contributed by atoms with van der Waals surface area (Å²) in [4.78, 5) is 22.1. The number of rotatable bonds is 4. The predicted molar refractivity (Wildman–Crippen MR) is 53.8 cm³/mol. The lowest BCUT2D eigenvalue weighted by Gasteiger charge is -2.28. The van der Waals surface area contributed by atoms with Crippen LogP contribution in [0.3, 0.4) is 0 Å². The maximum Gasteiger partial charge on any atom is 0.511 e. The predicted octanol–water partition coefficient (Wildman–Crippen LogP) is -0.0693. The number of carboxylic acid groups (broad SMARTS) is 1. The molecule has 0 fully saturated rings.